The summed E-state index contributed by atoms with van der Waals surface area (Å²) < 4.78 is 0. The van der Waals surface area contributed by atoms with E-state index in [1.54, 1.807) is 0 Å². The smallest absolute Gasteiger partial charge is 0.224 e. The number of benzene rings is 1. The first-order valence-electron chi connectivity index (χ1n) is 5.90. The maximum Gasteiger partial charge on any atom is 0.224 e. The van der Waals surface area contributed by atoms with Crippen LogP contribution in [0.2, 0.25) is 0 Å². The standard InChI is InChI=1S/C14H21NO/c1-11(2)7-8-15-14(16)10-13-6-4-5-12(3)9-13/h4-6,9,11H,7-8,10H2,1-3H3,(H,15,16). The fraction of sp³-hybridized carbons (Fsp3) is 0.500. The fourth-order valence-electron chi connectivity index (χ4n) is 1.57. The number of rotatable bonds is 5. The van der Waals surface area contributed by atoms with Gasteiger partial charge in [-0.1, -0.05) is 43.7 Å². The summed E-state index contributed by atoms with van der Waals surface area (Å²) in [5, 5.41) is 2.94. The Bertz CT molecular complexity index is 344. The van der Waals surface area contributed by atoms with Crippen LogP contribution in [0.1, 0.15) is 31.4 Å². The SMILES string of the molecule is Cc1cccc(CC(=O)NCCC(C)C)c1. The van der Waals surface area contributed by atoms with E-state index in [2.05, 4.69) is 25.2 Å². The van der Waals surface area contributed by atoms with E-state index in [4.69, 9.17) is 0 Å². The first kappa shape index (κ1) is 12.8. The van der Waals surface area contributed by atoms with Gasteiger partial charge in [-0.05, 0) is 24.8 Å². The highest BCUT2D eigenvalue weighted by Gasteiger charge is 2.03. The molecule has 1 aromatic carbocycles. The number of carbonyl (C=O) groups is 1. The molecule has 0 radical (unpaired) electrons. The molecule has 0 aromatic heterocycles. The van der Waals surface area contributed by atoms with Crippen molar-refractivity contribution >= 4 is 5.91 Å². The third-order valence-electron chi connectivity index (χ3n) is 2.49. The normalized spacial score (nSPS) is 10.5. The lowest BCUT2D eigenvalue weighted by molar-refractivity contribution is -0.120. The molecule has 0 bridgehead atoms. The monoisotopic (exact) mass is 219 g/mol. The van der Waals surface area contributed by atoms with E-state index in [1.807, 2.05) is 25.1 Å². The minimum atomic E-state index is 0.117. The molecule has 88 valence electrons. The Kier molecular flexibility index (Phi) is 5.03. The zero-order valence-electron chi connectivity index (χ0n) is 10.4. The molecule has 0 fully saturated rings. The van der Waals surface area contributed by atoms with Crippen LogP contribution in [0.3, 0.4) is 0 Å². The highest BCUT2D eigenvalue weighted by atomic mass is 16.1. The van der Waals surface area contributed by atoms with Gasteiger partial charge in [-0.15, -0.1) is 0 Å². The van der Waals surface area contributed by atoms with Crippen molar-refractivity contribution in [2.24, 2.45) is 5.92 Å². The van der Waals surface area contributed by atoms with Crippen LogP contribution in [0.5, 0.6) is 0 Å². The van der Waals surface area contributed by atoms with Crippen LogP contribution in [0.4, 0.5) is 0 Å². The Labute approximate surface area is 98.1 Å². The zero-order chi connectivity index (χ0) is 12.0. The molecule has 1 rings (SSSR count). The quantitative estimate of drug-likeness (QED) is 0.810. The molecule has 0 heterocycles. The van der Waals surface area contributed by atoms with Gasteiger partial charge >= 0.3 is 0 Å². The molecule has 1 N–H and O–H groups in total. The Balaban J connectivity index is 2.34. The third-order valence-corrected chi connectivity index (χ3v) is 2.49. The van der Waals surface area contributed by atoms with Gasteiger partial charge in [0.15, 0.2) is 0 Å². The summed E-state index contributed by atoms with van der Waals surface area (Å²) in [6.45, 7) is 7.14. The van der Waals surface area contributed by atoms with Crippen LogP contribution in [0.15, 0.2) is 24.3 Å². The van der Waals surface area contributed by atoms with Gasteiger partial charge in [0.2, 0.25) is 5.91 Å². The van der Waals surface area contributed by atoms with Gasteiger partial charge in [-0.3, -0.25) is 4.79 Å². The molecular weight excluding hydrogens is 198 g/mol. The van der Waals surface area contributed by atoms with Crippen molar-refractivity contribution in [1.29, 1.82) is 0 Å². The van der Waals surface area contributed by atoms with Gasteiger partial charge in [-0.25, -0.2) is 0 Å². The molecule has 2 nitrogen and oxygen atoms in total. The van der Waals surface area contributed by atoms with Crippen molar-refractivity contribution in [3.63, 3.8) is 0 Å². The van der Waals surface area contributed by atoms with Crippen LogP contribution >= 0.6 is 0 Å². The molecule has 0 saturated carbocycles. The maximum absolute atomic E-state index is 11.6. The second-order valence-electron chi connectivity index (χ2n) is 4.70. The average Bonchev–Trinajstić information content (AvgIpc) is 2.16. The van der Waals surface area contributed by atoms with Crippen LogP contribution in [-0.2, 0) is 11.2 Å². The number of hydrogen-bond donors (Lipinski definition) is 1. The van der Waals surface area contributed by atoms with Crippen LogP contribution in [0, 0.1) is 12.8 Å². The average molecular weight is 219 g/mol. The second kappa shape index (κ2) is 6.31. The second-order valence-corrected chi connectivity index (χ2v) is 4.70. The first-order valence-corrected chi connectivity index (χ1v) is 5.90. The molecule has 1 amide bonds. The van der Waals surface area contributed by atoms with Gasteiger partial charge < -0.3 is 5.32 Å². The summed E-state index contributed by atoms with van der Waals surface area (Å²) in [6, 6.07) is 8.09. The topological polar surface area (TPSA) is 29.1 Å². The summed E-state index contributed by atoms with van der Waals surface area (Å²) in [4.78, 5) is 11.6. The van der Waals surface area contributed by atoms with Crippen molar-refractivity contribution in [3.8, 4) is 0 Å². The van der Waals surface area contributed by atoms with Gasteiger partial charge in [0, 0.05) is 6.54 Å². The van der Waals surface area contributed by atoms with E-state index in [1.165, 1.54) is 5.56 Å². The highest BCUT2D eigenvalue weighted by molar-refractivity contribution is 5.78. The molecule has 0 aliphatic heterocycles. The molecule has 0 unspecified atom stereocenters. The predicted octanol–water partition coefficient (Wildman–Crippen LogP) is 2.70. The molecule has 0 saturated heterocycles. The van der Waals surface area contributed by atoms with E-state index in [0.717, 1.165) is 18.5 Å². The summed E-state index contributed by atoms with van der Waals surface area (Å²) in [5.41, 5.74) is 2.29. The molecule has 0 aliphatic rings. The Morgan fingerprint density at radius 1 is 1.38 bits per heavy atom. The lowest BCUT2D eigenvalue weighted by atomic mass is 10.1. The van der Waals surface area contributed by atoms with Gasteiger partial charge in [-0.2, -0.15) is 0 Å². The Morgan fingerprint density at radius 2 is 2.12 bits per heavy atom. The van der Waals surface area contributed by atoms with Gasteiger partial charge in [0.25, 0.3) is 0 Å². The van der Waals surface area contributed by atoms with E-state index in [0.29, 0.717) is 12.3 Å². The fourth-order valence-corrected chi connectivity index (χ4v) is 1.57. The van der Waals surface area contributed by atoms with Crippen molar-refractivity contribution in [2.75, 3.05) is 6.54 Å². The number of aryl methyl sites for hydroxylation is 1. The molecule has 16 heavy (non-hydrogen) atoms. The number of hydrogen-bond acceptors (Lipinski definition) is 1. The lowest BCUT2D eigenvalue weighted by Crippen LogP contribution is -2.26. The number of nitrogens with one attached hydrogen (secondary N) is 1. The number of carbonyl (C=O) groups excluding carboxylic acids is 1. The molecule has 0 aliphatic carbocycles. The Hall–Kier alpha value is -1.31. The molecule has 1 aromatic rings. The summed E-state index contributed by atoms with van der Waals surface area (Å²) in [5.74, 6) is 0.755. The van der Waals surface area contributed by atoms with Crippen LogP contribution < -0.4 is 5.32 Å². The summed E-state index contributed by atoms with van der Waals surface area (Å²) in [7, 11) is 0. The molecule has 2 heteroatoms. The largest absolute Gasteiger partial charge is 0.356 e. The van der Waals surface area contributed by atoms with Gasteiger partial charge in [0.05, 0.1) is 6.42 Å². The number of amides is 1. The van der Waals surface area contributed by atoms with Crippen molar-refractivity contribution in [1.82, 2.24) is 5.32 Å². The predicted molar refractivity (Wildman–Crippen MR) is 67.3 cm³/mol. The summed E-state index contributed by atoms with van der Waals surface area (Å²) >= 11 is 0. The third kappa shape index (κ3) is 4.96. The first-order chi connectivity index (χ1) is 7.58. The van der Waals surface area contributed by atoms with E-state index in [9.17, 15) is 4.79 Å². The molecule has 0 spiro atoms. The minimum Gasteiger partial charge on any atom is -0.356 e. The van der Waals surface area contributed by atoms with Crippen LogP contribution in [-0.4, -0.2) is 12.5 Å². The van der Waals surface area contributed by atoms with Crippen molar-refractivity contribution in [2.45, 2.75) is 33.6 Å². The molecular formula is C14H21NO. The van der Waals surface area contributed by atoms with E-state index >= 15 is 0 Å². The molecule has 0 atom stereocenters. The van der Waals surface area contributed by atoms with Crippen LogP contribution in [0.25, 0.3) is 0 Å². The van der Waals surface area contributed by atoms with Crippen molar-refractivity contribution < 1.29 is 4.79 Å². The Morgan fingerprint density at radius 3 is 2.75 bits per heavy atom. The zero-order valence-corrected chi connectivity index (χ0v) is 10.4. The van der Waals surface area contributed by atoms with Crippen molar-refractivity contribution in [3.05, 3.63) is 35.4 Å². The summed E-state index contributed by atoms with van der Waals surface area (Å²) in [6.07, 6.45) is 1.53. The van der Waals surface area contributed by atoms with E-state index in [-0.39, 0.29) is 5.91 Å². The van der Waals surface area contributed by atoms with Gasteiger partial charge in [0.1, 0.15) is 0 Å². The maximum atomic E-state index is 11.6. The highest BCUT2D eigenvalue weighted by Crippen LogP contribution is 2.04. The minimum absolute atomic E-state index is 0.117. The lowest BCUT2D eigenvalue weighted by Gasteiger charge is -2.07. The van der Waals surface area contributed by atoms with E-state index < -0.39 is 0 Å².